The molecule has 1 aliphatic carbocycles. The number of para-hydroxylation sites is 2. The summed E-state index contributed by atoms with van der Waals surface area (Å²) in [4.78, 5) is 34.3. The number of H-pyrrole nitrogens is 1. The smallest absolute Gasteiger partial charge is 0.233 e. The quantitative estimate of drug-likeness (QED) is 0.436. The summed E-state index contributed by atoms with van der Waals surface area (Å²) in [6, 6.07) is 7.80. The van der Waals surface area contributed by atoms with E-state index in [0.29, 0.717) is 23.9 Å². The molecule has 2 aromatic rings. The Morgan fingerprint density at radius 3 is 2.82 bits per heavy atom. The minimum absolute atomic E-state index is 0.0238. The van der Waals surface area contributed by atoms with Gasteiger partial charge in [-0.25, -0.2) is 10.0 Å². The van der Waals surface area contributed by atoms with Gasteiger partial charge in [0.25, 0.3) is 0 Å². The highest BCUT2D eigenvalue weighted by atomic mass is 16.5. The van der Waals surface area contributed by atoms with Crippen LogP contribution in [0, 0.1) is 11.8 Å². The topological polar surface area (TPSA) is 89.5 Å². The maximum atomic E-state index is 13.4. The van der Waals surface area contributed by atoms with Gasteiger partial charge in [-0.15, -0.1) is 0 Å². The first-order chi connectivity index (χ1) is 13.7. The van der Waals surface area contributed by atoms with E-state index < -0.39 is 0 Å². The van der Waals surface area contributed by atoms with Crippen molar-refractivity contribution in [2.24, 2.45) is 11.8 Å². The average Bonchev–Trinajstić information content (AvgIpc) is 3.45. The van der Waals surface area contributed by atoms with Gasteiger partial charge in [0.15, 0.2) is 0 Å². The number of aromatic amines is 1. The van der Waals surface area contributed by atoms with Crippen LogP contribution < -0.4 is 0 Å². The van der Waals surface area contributed by atoms with Crippen molar-refractivity contribution >= 4 is 23.4 Å². The number of hydrogen-bond donors (Lipinski definition) is 2. The Morgan fingerprint density at radius 1 is 1.29 bits per heavy atom. The minimum atomic E-state index is -0.372. The number of amides is 2. The van der Waals surface area contributed by atoms with Crippen molar-refractivity contribution in [1.29, 1.82) is 0 Å². The third-order valence-electron chi connectivity index (χ3n) is 6.23. The number of hydrogen-bond acceptors (Lipinski definition) is 4. The Balaban J connectivity index is 1.54. The molecule has 150 valence electrons. The van der Waals surface area contributed by atoms with Crippen LogP contribution in [0.1, 0.15) is 56.8 Å². The highest BCUT2D eigenvalue weighted by molar-refractivity contribution is 5.80. The summed E-state index contributed by atoms with van der Waals surface area (Å²) in [7, 11) is 0. The van der Waals surface area contributed by atoms with Crippen molar-refractivity contribution in [3.8, 4) is 0 Å². The van der Waals surface area contributed by atoms with Crippen LogP contribution in [-0.4, -0.2) is 50.5 Å². The standard InChI is InChI=1S/C21H28N4O3/c26-14-24(28)13-16(12-15-6-1-2-7-15)21(27)25-11-5-10-19(25)20-22-17-8-3-4-9-18(17)23-20/h3-4,8-9,14-16,19,28H,1-2,5-7,10-13H2,(H,22,23). The Morgan fingerprint density at radius 2 is 2.07 bits per heavy atom. The number of likely N-dealkylation sites (tertiary alicyclic amines) is 1. The molecule has 1 saturated carbocycles. The van der Waals surface area contributed by atoms with Gasteiger partial charge in [-0.2, -0.15) is 0 Å². The van der Waals surface area contributed by atoms with E-state index in [4.69, 9.17) is 4.98 Å². The van der Waals surface area contributed by atoms with E-state index in [1.54, 1.807) is 0 Å². The Hall–Kier alpha value is -2.41. The van der Waals surface area contributed by atoms with E-state index in [1.807, 2.05) is 29.2 Å². The van der Waals surface area contributed by atoms with Crippen molar-refractivity contribution in [1.82, 2.24) is 19.9 Å². The van der Waals surface area contributed by atoms with Gasteiger partial charge in [0.2, 0.25) is 12.3 Å². The molecule has 2 atom stereocenters. The van der Waals surface area contributed by atoms with Gasteiger partial charge in [0.05, 0.1) is 29.5 Å². The number of rotatable bonds is 7. The third-order valence-corrected chi connectivity index (χ3v) is 6.23. The fourth-order valence-corrected chi connectivity index (χ4v) is 4.85. The van der Waals surface area contributed by atoms with Crippen LogP contribution in [0.25, 0.3) is 11.0 Å². The number of carbonyl (C=O) groups is 2. The molecule has 28 heavy (non-hydrogen) atoms. The normalized spacial score (nSPS) is 21.3. The molecule has 2 heterocycles. The van der Waals surface area contributed by atoms with Gasteiger partial charge in [0.1, 0.15) is 5.82 Å². The molecule has 0 radical (unpaired) electrons. The summed E-state index contributed by atoms with van der Waals surface area (Å²) < 4.78 is 0. The Bertz CT molecular complexity index is 797. The van der Waals surface area contributed by atoms with Gasteiger partial charge < -0.3 is 9.88 Å². The molecule has 1 aromatic carbocycles. The largest absolute Gasteiger partial charge is 0.340 e. The number of nitrogens with zero attached hydrogens (tertiary/aromatic N) is 3. The number of fused-ring (bicyclic) bond motifs is 1. The zero-order chi connectivity index (χ0) is 19.5. The SMILES string of the molecule is O=CN(O)CC(CC1CCCC1)C(=O)N1CCCC1c1nc2ccccc2[nH]1. The molecule has 7 nitrogen and oxygen atoms in total. The second kappa shape index (κ2) is 8.31. The third kappa shape index (κ3) is 3.90. The van der Waals surface area contributed by atoms with Crippen LogP contribution >= 0.6 is 0 Å². The zero-order valence-electron chi connectivity index (χ0n) is 16.1. The monoisotopic (exact) mass is 384 g/mol. The van der Waals surface area contributed by atoms with E-state index in [-0.39, 0.29) is 24.4 Å². The number of nitrogens with one attached hydrogen (secondary N) is 1. The predicted octanol–water partition coefficient (Wildman–Crippen LogP) is 3.27. The van der Waals surface area contributed by atoms with Gasteiger partial charge in [-0.3, -0.25) is 14.8 Å². The molecule has 2 unspecified atom stereocenters. The molecule has 2 fully saturated rings. The summed E-state index contributed by atoms with van der Waals surface area (Å²) in [6.45, 7) is 0.746. The molecular formula is C21H28N4O3. The lowest BCUT2D eigenvalue weighted by Gasteiger charge is -2.30. The lowest BCUT2D eigenvalue weighted by Crippen LogP contribution is -2.41. The van der Waals surface area contributed by atoms with Crippen LogP contribution in [0.5, 0.6) is 0 Å². The van der Waals surface area contributed by atoms with Crippen LogP contribution in [0.4, 0.5) is 0 Å². The number of aromatic nitrogens is 2. The molecule has 2 amide bonds. The molecular weight excluding hydrogens is 356 g/mol. The number of carbonyl (C=O) groups excluding carboxylic acids is 2. The Kier molecular flexibility index (Phi) is 5.62. The first kappa shape index (κ1) is 18.9. The molecule has 0 bridgehead atoms. The molecule has 0 spiro atoms. The van der Waals surface area contributed by atoms with Crippen molar-refractivity contribution in [2.45, 2.75) is 51.0 Å². The van der Waals surface area contributed by atoms with E-state index in [1.165, 1.54) is 12.8 Å². The number of benzene rings is 1. The minimum Gasteiger partial charge on any atom is -0.340 e. The Labute approximate surface area is 164 Å². The molecule has 7 heteroatoms. The summed E-state index contributed by atoms with van der Waals surface area (Å²) in [6.07, 6.45) is 7.58. The van der Waals surface area contributed by atoms with Crippen LogP contribution in [0.15, 0.2) is 24.3 Å². The summed E-state index contributed by atoms with van der Waals surface area (Å²) in [5.74, 6) is 0.975. The van der Waals surface area contributed by atoms with E-state index >= 15 is 0 Å². The molecule has 1 saturated heterocycles. The molecule has 1 aromatic heterocycles. The van der Waals surface area contributed by atoms with Crippen molar-refractivity contribution in [2.75, 3.05) is 13.1 Å². The van der Waals surface area contributed by atoms with Crippen LogP contribution in [0.2, 0.25) is 0 Å². The van der Waals surface area contributed by atoms with E-state index in [0.717, 1.165) is 49.0 Å². The average molecular weight is 384 g/mol. The summed E-state index contributed by atoms with van der Waals surface area (Å²) >= 11 is 0. The number of hydroxylamine groups is 2. The first-order valence-electron chi connectivity index (χ1n) is 10.3. The zero-order valence-corrected chi connectivity index (χ0v) is 16.1. The second-order valence-electron chi connectivity index (χ2n) is 8.14. The fraction of sp³-hybridized carbons (Fsp3) is 0.571. The number of imidazole rings is 1. The van der Waals surface area contributed by atoms with Gasteiger partial charge in [-0.1, -0.05) is 37.8 Å². The maximum Gasteiger partial charge on any atom is 0.233 e. The lowest BCUT2D eigenvalue weighted by atomic mass is 9.91. The first-order valence-corrected chi connectivity index (χ1v) is 10.3. The maximum absolute atomic E-state index is 13.4. The van der Waals surface area contributed by atoms with Crippen LogP contribution in [-0.2, 0) is 9.59 Å². The van der Waals surface area contributed by atoms with Crippen LogP contribution in [0.3, 0.4) is 0 Å². The molecule has 1 aliphatic heterocycles. The highest BCUT2D eigenvalue weighted by Crippen LogP contribution is 2.36. The fourth-order valence-electron chi connectivity index (χ4n) is 4.85. The van der Waals surface area contributed by atoms with Gasteiger partial charge in [-0.05, 0) is 37.3 Å². The van der Waals surface area contributed by atoms with Crippen molar-refractivity contribution < 1.29 is 14.8 Å². The lowest BCUT2D eigenvalue weighted by molar-refractivity contribution is -0.157. The van der Waals surface area contributed by atoms with Crippen molar-refractivity contribution in [3.63, 3.8) is 0 Å². The van der Waals surface area contributed by atoms with Crippen molar-refractivity contribution in [3.05, 3.63) is 30.1 Å². The molecule has 2 aliphatic rings. The van der Waals surface area contributed by atoms with Gasteiger partial charge >= 0.3 is 0 Å². The highest BCUT2D eigenvalue weighted by Gasteiger charge is 2.37. The predicted molar refractivity (Wildman–Crippen MR) is 104 cm³/mol. The van der Waals surface area contributed by atoms with Gasteiger partial charge in [0, 0.05) is 6.54 Å². The summed E-state index contributed by atoms with van der Waals surface area (Å²) in [5, 5.41) is 10.4. The molecule has 4 rings (SSSR count). The summed E-state index contributed by atoms with van der Waals surface area (Å²) in [5.41, 5.74) is 1.88. The van der Waals surface area contributed by atoms with E-state index in [9.17, 15) is 14.8 Å². The molecule has 2 N–H and O–H groups in total. The van der Waals surface area contributed by atoms with E-state index in [2.05, 4.69) is 4.98 Å². The second-order valence-corrected chi connectivity index (χ2v) is 8.14.